The van der Waals surface area contributed by atoms with Crippen LogP contribution in [0.3, 0.4) is 0 Å². The zero-order chi connectivity index (χ0) is 15.2. The number of carbonyl (C=O) groups is 2. The second-order valence-electron chi connectivity index (χ2n) is 4.34. The van der Waals surface area contributed by atoms with Gasteiger partial charge in [0.15, 0.2) is 11.8 Å². The summed E-state index contributed by atoms with van der Waals surface area (Å²) in [7, 11) is 1.56. The smallest absolute Gasteiger partial charge is 0.358 e. The lowest BCUT2D eigenvalue weighted by Crippen LogP contribution is -2.24. The maximum atomic E-state index is 12.1. The van der Waals surface area contributed by atoms with Gasteiger partial charge in [-0.1, -0.05) is 30.3 Å². The molecular weight excluding hydrogens is 290 g/mol. The minimum Gasteiger partial charge on any atom is -0.450 e. The normalized spacial score (nSPS) is 11.9. The van der Waals surface area contributed by atoms with Crippen LogP contribution in [0.4, 0.5) is 0 Å². The fourth-order valence-corrected chi connectivity index (χ4v) is 2.44. The summed E-state index contributed by atoms with van der Waals surface area (Å²) in [6, 6.07) is 8.72. The monoisotopic (exact) mass is 305 g/mol. The van der Waals surface area contributed by atoms with Crippen molar-refractivity contribution in [1.82, 2.24) is 4.98 Å². The second kappa shape index (κ2) is 7.10. The number of rotatable bonds is 6. The number of ether oxygens (including phenoxy) is 2. The van der Waals surface area contributed by atoms with Gasteiger partial charge >= 0.3 is 5.97 Å². The predicted molar refractivity (Wildman–Crippen MR) is 78.5 cm³/mol. The molecule has 2 aromatic rings. The van der Waals surface area contributed by atoms with E-state index in [-0.39, 0.29) is 11.5 Å². The molecule has 1 heterocycles. The third-order valence-electron chi connectivity index (χ3n) is 2.74. The molecule has 0 saturated heterocycles. The van der Waals surface area contributed by atoms with Gasteiger partial charge < -0.3 is 9.47 Å². The van der Waals surface area contributed by atoms with Crippen molar-refractivity contribution in [2.24, 2.45) is 0 Å². The van der Waals surface area contributed by atoms with Crippen molar-refractivity contribution in [3.8, 4) is 0 Å². The largest absolute Gasteiger partial charge is 0.450 e. The van der Waals surface area contributed by atoms with Crippen LogP contribution in [0, 0.1) is 0 Å². The topological polar surface area (TPSA) is 65.5 Å². The highest BCUT2D eigenvalue weighted by molar-refractivity contribution is 7.09. The number of ketones is 1. The lowest BCUT2D eigenvalue weighted by Gasteiger charge is -2.11. The Labute approximate surface area is 126 Å². The van der Waals surface area contributed by atoms with Crippen LogP contribution in [0.5, 0.6) is 0 Å². The molecule has 110 valence electrons. The molecule has 0 N–H and O–H groups in total. The van der Waals surface area contributed by atoms with Crippen LogP contribution in [0.25, 0.3) is 0 Å². The van der Waals surface area contributed by atoms with E-state index in [2.05, 4.69) is 4.98 Å². The van der Waals surface area contributed by atoms with Gasteiger partial charge in [-0.05, 0) is 6.92 Å². The van der Waals surface area contributed by atoms with Crippen molar-refractivity contribution < 1.29 is 19.1 Å². The van der Waals surface area contributed by atoms with Crippen LogP contribution in [-0.2, 0) is 16.1 Å². The van der Waals surface area contributed by atoms with Crippen LogP contribution in [-0.4, -0.2) is 30.0 Å². The molecule has 0 aliphatic heterocycles. The van der Waals surface area contributed by atoms with E-state index in [0.29, 0.717) is 17.2 Å². The van der Waals surface area contributed by atoms with Crippen LogP contribution in [0.1, 0.15) is 32.8 Å². The second-order valence-corrected chi connectivity index (χ2v) is 5.28. The molecule has 0 radical (unpaired) electrons. The number of esters is 1. The molecule has 0 spiro atoms. The molecule has 0 saturated carbocycles. The third-order valence-corrected chi connectivity index (χ3v) is 3.56. The number of aromatic nitrogens is 1. The number of hydrogen-bond acceptors (Lipinski definition) is 6. The Morgan fingerprint density at radius 2 is 2.00 bits per heavy atom. The fraction of sp³-hybridized carbons (Fsp3) is 0.267. The zero-order valence-electron chi connectivity index (χ0n) is 11.7. The molecule has 0 aliphatic carbocycles. The van der Waals surface area contributed by atoms with Crippen molar-refractivity contribution in [1.29, 1.82) is 0 Å². The average molecular weight is 305 g/mol. The summed E-state index contributed by atoms with van der Waals surface area (Å²) < 4.78 is 10.1. The fourth-order valence-electron chi connectivity index (χ4n) is 1.71. The molecule has 0 bridgehead atoms. The number of carbonyl (C=O) groups excluding carboxylic acids is 2. The average Bonchev–Trinajstić information content (AvgIpc) is 2.96. The van der Waals surface area contributed by atoms with Gasteiger partial charge in [0.1, 0.15) is 5.01 Å². The Balaban J connectivity index is 1.99. The molecular formula is C15H15NO4S. The molecule has 21 heavy (non-hydrogen) atoms. The molecule has 0 aliphatic rings. The summed E-state index contributed by atoms with van der Waals surface area (Å²) in [5, 5.41) is 2.28. The number of nitrogens with zero attached hydrogens (tertiary/aromatic N) is 1. The number of hydrogen-bond donors (Lipinski definition) is 0. The van der Waals surface area contributed by atoms with Gasteiger partial charge in [0, 0.05) is 18.1 Å². The first-order valence-corrected chi connectivity index (χ1v) is 7.23. The third kappa shape index (κ3) is 3.96. The van der Waals surface area contributed by atoms with E-state index in [1.165, 1.54) is 11.3 Å². The summed E-state index contributed by atoms with van der Waals surface area (Å²) in [4.78, 5) is 28.1. The van der Waals surface area contributed by atoms with Gasteiger partial charge in [-0.15, -0.1) is 11.3 Å². The number of thiazole rings is 1. The van der Waals surface area contributed by atoms with Gasteiger partial charge in [0.05, 0.1) is 6.61 Å². The Hall–Kier alpha value is -2.05. The van der Waals surface area contributed by atoms with Crippen LogP contribution < -0.4 is 0 Å². The maximum Gasteiger partial charge on any atom is 0.358 e. The van der Waals surface area contributed by atoms with E-state index >= 15 is 0 Å². The summed E-state index contributed by atoms with van der Waals surface area (Å²) in [6.07, 6.45) is -0.854. The Kier molecular flexibility index (Phi) is 5.19. The number of methoxy groups -OCH3 is 1. The predicted octanol–water partition coefficient (Wildman–Crippen LogP) is 2.72. The van der Waals surface area contributed by atoms with E-state index in [9.17, 15) is 9.59 Å². The summed E-state index contributed by atoms with van der Waals surface area (Å²) in [5.41, 5.74) is 0.705. The minimum absolute atomic E-state index is 0.194. The Morgan fingerprint density at radius 1 is 1.29 bits per heavy atom. The molecule has 5 nitrogen and oxygen atoms in total. The van der Waals surface area contributed by atoms with E-state index in [1.54, 1.807) is 43.7 Å². The van der Waals surface area contributed by atoms with E-state index in [4.69, 9.17) is 9.47 Å². The molecule has 1 unspecified atom stereocenters. The molecule has 2 rings (SSSR count). The molecule has 1 atom stereocenters. The van der Waals surface area contributed by atoms with Crippen molar-refractivity contribution in [2.45, 2.75) is 19.6 Å². The Morgan fingerprint density at radius 3 is 2.67 bits per heavy atom. The summed E-state index contributed by atoms with van der Waals surface area (Å²) in [6.45, 7) is 1.89. The lowest BCUT2D eigenvalue weighted by atomic mass is 10.1. The molecule has 1 aromatic heterocycles. The first-order chi connectivity index (χ1) is 10.1. The SMILES string of the molecule is COCc1nc(C(=O)OC(C)C(=O)c2ccccc2)cs1. The molecule has 0 amide bonds. The first kappa shape index (κ1) is 15.3. The minimum atomic E-state index is -0.854. The van der Waals surface area contributed by atoms with Crippen molar-refractivity contribution >= 4 is 23.1 Å². The van der Waals surface area contributed by atoms with Gasteiger partial charge in [-0.3, -0.25) is 4.79 Å². The highest BCUT2D eigenvalue weighted by Gasteiger charge is 2.21. The van der Waals surface area contributed by atoms with Gasteiger partial charge in [-0.2, -0.15) is 0 Å². The van der Waals surface area contributed by atoms with Crippen molar-refractivity contribution in [3.05, 3.63) is 52.0 Å². The summed E-state index contributed by atoms with van der Waals surface area (Å²) in [5.74, 6) is -0.846. The molecule has 1 aromatic carbocycles. The molecule has 0 fully saturated rings. The van der Waals surface area contributed by atoms with Gasteiger partial charge in [0.2, 0.25) is 5.78 Å². The summed E-state index contributed by atoms with van der Waals surface area (Å²) >= 11 is 1.31. The highest BCUT2D eigenvalue weighted by atomic mass is 32.1. The zero-order valence-corrected chi connectivity index (χ0v) is 12.6. The maximum absolute atomic E-state index is 12.1. The van der Waals surface area contributed by atoms with Gasteiger partial charge in [-0.25, -0.2) is 9.78 Å². The first-order valence-electron chi connectivity index (χ1n) is 6.35. The standard InChI is InChI=1S/C15H15NO4S/c1-10(14(17)11-6-4-3-5-7-11)20-15(18)12-9-21-13(16-12)8-19-2/h3-7,9-10H,8H2,1-2H3. The molecule has 6 heteroatoms. The van der Waals surface area contributed by atoms with E-state index in [1.807, 2.05) is 6.07 Å². The van der Waals surface area contributed by atoms with Gasteiger partial charge in [0.25, 0.3) is 0 Å². The van der Waals surface area contributed by atoms with Crippen molar-refractivity contribution in [2.75, 3.05) is 7.11 Å². The highest BCUT2D eigenvalue weighted by Crippen LogP contribution is 2.13. The van der Waals surface area contributed by atoms with Crippen LogP contribution in [0.15, 0.2) is 35.7 Å². The quantitative estimate of drug-likeness (QED) is 0.606. The number of benzene rings is 1. The Bertz CT molecular complexity index is 624. The van der Waals surface area contributed by atoms with Crippen molar-refractivity contribution in [3.63, 3.8) is 0 Å². The van der Waals surface area contributed by atoms with Crippen LogP contribution >= 0.6 is 11.3 Å². The van der Waals surface area contributed by atoms with E-state index < -0.39 is 12.1 Å². The lowest BCUT2D eigenvalue weighted by molar-refractivity contribution is 0.0313. The number of Topliss-reactive ketones (excluding diaryl/α,β-unsaturated/α-hetero) is 1. The van der Waals surface area contributed by atoms with E-state index in [0.717, 1.165) is 0 Å². The van der Waals surface area contributed by atoms with Crippen LogP contribution in [0.2, 0.25) is 0 Å².